The lowest BCUT2D eigenvalue weighted by atomic mass is 9.89. The molecule has 3 aliphatic rings. The third kappa shape index (κ3) is 6.91. The summed E-state index contributed by atoms with van der Waals surface area (Å²) in [5, 5.41) is 0.334. The lowest BCUT2D eigenvalue weighted by Crippen LogP contribution is -2.45. The summed E-state index contributed by atoms with van der Waals surface area (Å²) in [7, 11) is -3.87. The largest absolute Gasteiger partial charge is 0.458 e. The molecule has 0 aromatic rings. The number of carbonyl (C=O) groups excluding carboxylic acids is 1. The summed E-state index contributed by atoms with van der Waals surface area (Å²) < 4.78 is 20.0. The van der Waals surface area contributed by atoms with Crippen LogP contribution in [-0.2, 0) is 18.4 Å². The Balaban J connectivity index is 1.92. The molecule has 0 radical (unpaired) electrons. The third-order valence-electron chi connectivity index (χ3n) is 10.4. The SMILES string of the molecule is C=C1C[C@@H]2[C@H](C=C[C@@H](O[Si](C)(C)C(C)(C)C)C3CCCC3)[C@H](O[Si](C)(C)C(C)(C)C)C[C@@H]2C1OC(C)=O. The fraction of sp³-hybridized carbons (Fsp3) is 0.839. The number of esters is 1. The molecule has 0 spiro atoms. The van der Waals surface area contributed by atoms with E-state index in [4.69, 9.17) is 13.6 Å². The molecule has 3 saturated carbocycles. The molecular weight excluding hydrogens is 493 g/mol. The van der Waals surface area contributed by atoms with Gasteiger partial charge in [-0.15, -0.1) is 0 Å². The van der Waals surface area contributed by atoms with Crippen LogP contribution in [0.3, 0.4) is 0 Å². The molecule has 3 rings (SSSR count). The van der Waals surface area contributed by atoms with Crippen LogP contribution in [-0.4, -0.2) is 40.9 Å². The summed E-state index contributed by atoms with van der Waals surface area (Å²) in [5.74, 6) is 1.38. The Labute approximate surface area is 230 Å². The van der Waals surface area contributed by atoms with Gasteiger partial charge in [-0.1, -0.05) is 73.1 Å². The van der Waals surface area contributed by atoms with E-state index in [9.17, 15) is 4.79 Å². The molecule has 212 valence electrons. The second kappa shape index (κ2) is 11.1. The molecule has 6 heteroatoms. The van der Waals surface area contributed by atoms with Crippen molar-refractivity contribution < 1.29 is 18.4 Å². The highest BCUT2D eigenvalue weighted by Gasteiger charge is 2.54. The molecule has 0 N–H and O–H groups in total. The lowest BCUT2D eigenvalue weighted by molar-refractivity contribution is -0.146. The summed E-state index contributed by atoms with van der Waals surface area (Å²) in [6.45, 7) is 29.2. The standard InChI is InChI=1S/C31H56O4Si2/c1-21-19-25-24(17-18-27(23-15-13-14-16-23)34-36(9,10)30(3,4)5)28(35-37(11,12)31(6,7)8)20-26(25)29(21)33-22(2)32/h17-18,23-29H,1,13-16,19-20H2,2-12H3/t24-,25+,26-,27+,28+,29?/m0/s1. The van der Waals surface area contributed by atoms with Crippen molar-refractivity contribution in [3.63, 3.8) is 0 Å². The van der Waals surface area contributed by atoms with Gasteiger partial charge in [0.1, 0.15) is 6.10 Å². The number of rotatable bonds is 8. The molecule has 0 aliphatic heterocycles. The van der Waals surface area contributed by atoms with Crippen LogP contribution in [0.15, 0.2) is 24.3 Å². The minimum atomic E-state index is -1.96. The van der Waals surface area contributed by atoms with Crippen molar-refractivity contribution in [1.29, 1.82) is 0 Å². The second-order valence-corrected chi connectivity index (χ2v) is 24.7. The highest BCUT2D eigenvalue weighted by molar-refractivity contribution is 6.74. The molecule has 1 unspecified atom stereocenters. The first-order valence-electron chi connectivity index (χ1n) is 14.7. The van der Waals surface area contributed by atoms with Gasteiger partial charge in [-0.3, -0.25) is 4.79 Å². The Kier molecular flexibility index (Phi) is 9.21. The number of hydrogen-bond donors (Lipinski definition) is 0. The minimum absolute atomic E-state index is 0.148. The summed E-state index contributed by atoms with van der Waals surface area (Å²) >= 11 is 0. The van der Waals surface area contributed by atoms with Crippen molar-refractivity contribution in [2.24, 2.45) is 23.7 Å². The Hall–Kier alpha value is -0.696. The van der Waals surface area contributed by atoms with Crippen molar-refractivity contribution in [2.75, 3.05) is 0 Å². The first-order chi connectivity index (χ1) is 16.8. The van der Waals surface area contributed by atoms with Gasteiger partial charge in [0, 0.05) is 18.8 Å². The van der Waals surface area contributed by atoms with Crippen molar-refractivity contribution in [3.8, 4) is 0 Å². The highest BCUT2D eigenvalue weighted by atomic mass is 28.4. The molecule has 0 aromatic carbocycles. The van der Waals surface area contributed by atoms with Crippen LogP contribution < -0.4 is 0 Å². The number of hydrogen-bond acceptors (Lipinski definition) is 4. The molecular formula is C31H56O4Si2. The van der Waals surface area contributed by atoms with Gasteiger partial charge in [0.05, 0.1) is 12.2 Å². The van der Waals surface area contributed by atoms with Gasteiger partial charge < -0.3 is 13.6 Å². The van der Waals surface area contributed by atoms with Gasteiger partial charge in [-0.05, 0) is 79.4 Å². The second-order valence-electron chi connectivity index (χ2n) is 15.2. The van der Waals surface area contributed by atoms with Crippen LogP contribution in [0.4, 0.5) is 0 Å². The van der Waals surface area contributed by atoms with Gasteiger partial charge in [-0.25, -0.2) is 0 Å². The highest BCUT2D eigenvalue weighted by Crippen LogP contribution is 2.54. The van der Waals surface area contributed by atoms with Crippen molar-refractivity contribution in [2.45, 2.75) is 142 Å². The van der Waals surface area contributed by atoms with Crippen LogP contribution in [0.25, 0.3) is 0 Å². The minimum Gasteiger partial charge on any atom is -0.458 e. The molecule has 0 bridgehead atoms. The van der Waals surface area contributed by atoms with E-state index in [1.807, 2.05) is 0 Å². The quantitative estimate of drug-likeness (QED) is 0.173. The predicted octanol–water partition coefficient (Wildman–Crippen LogP) is 8.66. The maximum atomic E-state index is 11.9. The van der Waals surface area contributed by atoms with Gasteiger partial charge in [-0.2, -0.15) is 0 Å². The molecule has 0 saturated heterocycles. The van der Waals surface area contributed by atoms with Crippen LogP contribution >= 0.6 is 0 Å². The summed E-state index contributed by atoms with van der Waals surface area (Å²) in [5.41, 5.74) is 1.07. The normalized spacial score (nSPS) is 30.8. The van der Waals surface area contributed by atoms with Crippen molar-refractivity contribution in [3.05, 3.63) is 24.3 Å². The molecule has 4 nitrogen and oxygen atoms in total. The van der Waals surface area contributed by atoms with E-state index in [1.165, 1.54) is 32.6 Å². The van der Waals surface area contributed by atoms with Gasteiger partial charge in [0.2, 0.25) is 0 Å². The fourth-order valence-corrected chi connectivity index (χ4v) is 8.82. The molecule has 3 fully saturated rings. The molecule has 0 heterocycles. The zero-order valence-electron chi connectivity index (χ0n) is 25.8. The monoisotopic (exact) mass is 548 g/mol. The fourth-order valence-electron chi connectivity index (χ4n) is 6.15. The van der Waals surface area contributed by atoms with Crippen molar-refractivity contribution >= 4 is 22.6 Å². The van der Waals surface area contributed by atoms with Gasteiger partial charge >= 0.3 is 5.97 Å². The zero-order chi connectivity index (χ0) is 28.0. The molecule has 3 aliphatic carbocycles. The summed E-state index contributed by atoms with van der Waals surface area (Å²) in [6.07, 6.45) is 12.0. The smallest absolute Gasteiger partial charge is 0.303 e. The zero-order valence-corrected chi connectivity index (χ0v) is 27.8. The Morgan fingerprint density at radius 1 is 0.973 bits per heavy atom. The lowest BCUT2D eigenvalue weighted by Gasteiger charge is -2.41. The van der Waals surface area contributed by atoms with Crippen LogP contribution in [0, 0.1) is 23.7 Å². The Bertz CT molecular complexity index is 857. The summed E-state index contributed by atoms with van der Waals surface area (Å²) in [4.78, 5) is 11.9. The van der Waals surface area contributed by atoms with E-state index < -0.39 is 16.6 Å². The topological polar surface area (TPSA) is 44.8 Å². The maximum absolute atomic E-state index is 11.9. The van der Waals surface area contributed by atoms with E-state index in [0.29, 0.717) is 17.8 Å². The first kappa shape index (κ1) is 30.8. The first-order valence-corrected chi connectivity index (χ1v) is 20.5. The number of carbonyl (C=O) groups is 1. The average Bonchev–Trinajstić information content (AvgIpc) is 3.42. The van der Waals surface area contributed by atoms with E-state index in [0.717, 1.165) is 18.4 Å². The predicted molar refractivity (Wildman–Crippen MR) is 160 cm³/mol. The van der Waals surface area contributed by atoms with Crippen LogP contribution in [0.2, 0.25) is 36.3 Å². The van der Waals surface area contributed by atoms with Gasteiger partial charge in [0.25, 0.3) is 0 Å². The van der Waals surface area contributed by atoms with Gasteiger partial charge in [0.15, 0.2) is 16.6 Å². The van der Waals surface area contributed by atoms with Crippen molar-refractivity contribution in [1.82, 2.24) is 0 Å². The number of fused-ring (bicyclic) bond motifs is 1. The third-order valence-corrected chi connectivity index (χ3v) is 19.4. The van der Waals surface area contributed by atoms with E-state index in [2.05, 4.69) is 86.5 Å². The van der Waals surface area contributed by atoms with E-state index in [-0.39, 0.29) is 40.3 Å². The van der Waals surface area contributed by atoms with Crippen LogP contribution in [0.5, 0.6) is 0 Å². The molecule has 37 heavy (non-hydrogen) atoms. The summed E-state index contributed by atoms with van der Waals surface area (Å²) in [6, 6.07) is 0. The molecule has 0 amide bonds. The maximum Gasteiger partial charge on any atom is 0.303 e. The van der Waals surface area contributed by atoms with E-state index in [1.54, 1.807) is 0 Å². The van der Waals surface area contributed by atoms with Crippen LogP contribution in [0.1, 0.15) is 87.0 Å². The Morgan fingerprint density at radius 3 is 2.05 bits per heavy atom. The Morgan fingerprint density at radius 2 is 1.54 bits per heavy atom. The molecule has 0 aromatic heterocycles. The molecule has 6 atom stereocenters. The number of ether oxygens (including phenoxy) is 1. The van der Waals surface area contributed by atoms with E-state index >= 15 is 0 Å². The average molecular weight is 549 g/mol.